The molecule has 0 aliphatic heterocycles. The van der Waals surface area contributed by atoms with E-state index in [0.29, 0.717) is 6.04 Å². The summed E-state index contributed by atoms with van der Waals surface area (Å²) in [6.07, 6.45) is 0.602. The largest absolute Gasteiger partial charge is 0.392 e. The molecule has 4 nitrogen and oxygen atoms in total. The SMILES string of the molecule is CC1(C)C(O)CC1Nc1nncs1. The van der Waals surface area contributed by atoms with E-state index in [4.69, 9.17) is 0 Å². The van der Waals surface area contributed by atoms with Crippen LogP contribution >= 0.6 is 11.3 Å². The van der Waals surface area contributed by atoms with Crippen LogP contribution in [0, 0.1) is 5.41 Å². The van der Waals surface area contributed by atoms with Gasteiger partial charge in [-0.05, 0) is 6.42 Å². The van der Waals surface area contributed by atoms with E-state index in [1.54, 1.807) is 5.51 Å². The van der Waals surface area contributed by atoms with Crippen LogP contribution in [0.5, 0.6) is 0 Å². The predicted molar refractivity (Wildman–Crippen MR) is 51.7 cm³/mol. The highest BCUT2D eigenvalue weighted by Gasteiger charge is 2.47. The van der Waals surface area contributed by atoms with Crippen molar-refractivity contribution < 1.29 is 5.11 Å². The number of aromatic nitrogens is 2. The lowest BCUT2D eigenvalue weighted by Crippen LogP contribution is -2.56. The van der Waals surface area contributed by atoms with Crippen LogP contribution in [-0.4, -0.2) is 27.4 Å². The monoisotopic (exact) mass is 199 g/mol. The zero-order valence-corrected chi connectivity index (χ0v) is 8.51. The molecule has 2 unspecified atom stereocenters. The van der Waals surface area contributed by atoms with E-state index in [0.717, 1.165) is 11.6 Å². The molecule has 1 saturated carbocycles. The average Bonchev–Trinajstić information content (AvgIpc) is 2.56. The molecule has 0 aromatic carbocycles. The van der Waals surface area contributed by atoms with E-state index in [1.807, 2.05) is 0 Å². The summed E-state index contributed by atoms with van der Waals surface area (Å²) in [5, 5.41) is 21.3. The summed E-state index contributed by atoms with van der Waals surface area (Å²) in [5.74, 6) is 0. The summed E-state index contributed by atoms with van der Waals surface area (Å²) >= 11 is 1.49. The van der Waals surface area contributed by atoms with Crippen molar-refractivity contribution in [3.8, 4) is 0 Å². The molecule has 72 valence electrons. The van der Waals surface area contributed by atoms with Crippen molar-refractivity contribution in [3.63, 3.8) is 0 Å². The third kappa shape index (κ3) is 1.42. The zero-order chi connectivity index (χ0) is 9.47. The minimum atomic E-state index is -0.196. The standard InChI is InChI=1S/C8H13N3OS/c1-8(2)5(3-6(8)12)10-7-11-9-4-13-7/h4-6,12H,3H2,1-2H3,(H,10,11). The smallest absolute Gasteiger partial charge is 0.205 e. The lowest BCUT2D eigenvalue weighted by molar-refractivity contribution is -0.0510. The molecule has 0 saturated heterocycles. The summed E-state index contributed by atoms with van der Waals surface area (Å²) in [6, 6.07) is 0.315. The molecule has 1 fully saturated rings. The van der Waals surface area contributed by atoms with Crippen LogP contribution in [-0.2, 0) is 0 Å². The Hall–Kier alpha value is -0.680. The Morgan fingerprint density at radius 2 is 2.46 bits per heavy atom. The van der Waals surface area contributed by atoms with E-state index >= 15 is 0 Å². The number of hydrogen-bond acceptors (Lipinski definition) is 5. The number of rotatable bonds is 2. The van der Waals surface area contributed by atoms with Gasteiger partial charge in [-0.1, -0.05) is 25.2 Å². The minimum Gasteiger partial charge on any atom is -0.392 e. The summed E-state index contributed by atoms with van der Waals surface area (Å²) in [4.78, 5) is 0. The fourth-order valence-electron chi connectivity index (χ4n) is 1.53. The van der Waals surface area contributed by atoms with Gasteiger partial charge in [0.25, 0.3) is 0 Å². The van der Waals surface area contributed by atoms with Crippen LogP contribution in [0.1, 0.15) is 20.3 Å². The maximum atomic E-state index is 9.50. The Labute approximate surface area is 81.0 Å². The van der Waals surface area contributed by atoms with Crippen molar-refractivity contribution in [3.05, 3.63) is 5.51 Å². The van der Waals surface area contributed by atoms with Gasteiger partial charge in [0.05, 0.1) is 6.10 Å². The van der Waals surface area contributed by atoms with Gasteiger partial charge in [-0.15, -0.1) is 10.2 Å². The Morgan fingerprint density at radius 3 is 2.92 bits per heavy atom. The lowest BCUT2D eigenvalue weighted by Gasteiger charge is -2.49. The van der Waals surface area contributed by atoms with Gasteiger partial charge >= 0.3 is 0 Å². The Morgan fingerprint density at radius 1 is 1.69 bits per heavy atom. The van der Waals surface area contributed by atoms with Crippen molar-refractivity contribution in [2.24, 2.45) is 5.41 Å². The van der Waals surface area contributed by atoms with E-state index in [-0.39, 0.29) is 11.5 Å². The normalized spacial score (nSPS) is 31.0. The highest BCUT2D eigenvalue weighted by Crippen LogP contribution is 2.42. The van der Waals surface area contributed by atoms with Gasteiger partial charge in [-0.2, -0.15) is 0 Å². The molecule has 1 aliphatic rings. The molecular formula is C8H13N3OS. The molecule has 1 aliphatic carbocycles. The van der Waals surface area contributed by atoms with Crippen LogP contribution in [0.4, 0.5) is 5.13 Å². The number of anilines is 1. The highest BCUT2D eigenvalue weighted by atomic mass is 32.1. The van der Waals surface area contributed by atoms with Gasteiger partial charge < -0.3 is 10.4 Å². The van der Waals surface area contributed by atoms with Crippen molar-refractivity contribution in [2.75, 3.05) is 5.32 Å². The number of hydrogen-bond donors (Lipinski definition) is 2. The molecule has 2 rings (SSSR count). The molecule has 0 bridgehead atoms. The van der Waals surface area contributed by atoms with Gasteiger partial charge in [0.1, 0.15) is 5.51 Å². The Balaban J connectivity index is 1.98. The Kier molecular flexibility index (Phi) is 2.00. The van der Waals surface area contributed by atoms with Crippen LogP contribution in [0.25, 0.3) is 0 Å². The van der Waals surface area contributed by atoms with Gasteiger partial charge in [0.2, 0.25) is 5.13 Å². The quantitative estimate of drug-likeness (QED) is 0.749. The van der Waals surface area contributed by atoms with Crippen molar-refractivity contribution in [2.45, 2.75) is 32.4 Å². The average molecular weight is 199 g/mol. The summed E-state index contributed by atoms with van der Waals surface area (Å²) in [5.41, 5.74) is 1.65. The second kappa shape index (κ2) is 2.92. The van der Waals surface area contributed by atoms with Crippen molar-refractivity contribution in [1.82, 2.24) is 10.2 Å². The van der Waals surface area contributed by atoms with E-state index in [2.05, 4.69) is 29.4 Å². The number of aliphatic hydroxyl groups is 1. The predicted octanol–water partition coefficient (Wildman–Crippen LogP) is 1.11. The van der Waals surface area contributed by atoms with Crippen LogP contribution in [0.15, 0.2) is 5.51 Å². The van der Waals surface area contributed by atoms with Gasteiger partial charge in [0.15, 0.2) is 0 Å². The number of aliphatic hydroxyl groups excluding tert-OH is 1. The van der Waals surface area contributed by atoms with E-state index in [1.165, 1.54) is 11.3 Å². The van der Waals surface area contributed by atoms with Crippen molar-refractivity contribution >= 4 is 16.5 Å². The molecule has 1 heterocycles. The van der Waals surface area contributed by atoms with Crippen LogP contribution < -0.4 is 5.32 Å². The molecule has 0 amide bonds. The number of nitrogens with one attached hydrogen (secondary N) is 1. The first-order valence-electron chi connectivity index (χ1n) is 4.31. The van der Waals surface area contributed by atoms with E-state index in [9.17, 15) is 5.11 Å². The first-order chi connectivity index (χ1) is 6.10. The van der Waals surface area contributed by atoms with Gasteiger partial charge in [-0.25, -0.2) is 0 Å². The zero-order valence-electron chi connectivity index (χ0n) is 7.69. The summed E-state index contributed by atoms with van der Waals surface area (Å²) in [7, 11) is 0. The minimum absolute atomic E-state index is 0.0499. The third-order valence-electron chi connectivity index (χ3n) is 2.87. The molecule has 5 heteroatoms. The summed E-state index contributed by atoms with van der Waals surface area (Å²) in [6.45, 7) is 4.11. The molecular weight excluding hydrogens is 186 g/mol. The fourth-order valence-corrected chi connectivity index (χ4v) is 2.03. The third-order valence-corrected chi connectivity index (χ3v) is 3.50. The first kappa shape index (κ1) is 8.90. The van der Waals surface area contributed by atoms with Gasteiger partial charge in [-0.3, -0.25) is 0 Å². The second-order valence-electron chi connectivity index (χ2n) is 4.01. The fraction of sp³-hybridized carbons (Fsp3) is 0.750. The van der Waals surface area contributed by atoms with Gasteiger partial charge in [0, 0.05) is 11.5 Å². The second-order valence-corrected chi connectivity index (χ2v) is 4.85. The highest BCUT2D eigenvalue weighted by molar-refractivity contribution is 7.13. The molecule has 0 spiro atoms. The molecule has 1 aromatic heterocycles. The Bertz CT molecular complexity index is 286. The summed E-state index contributed by atoms with van der Waals surface area (Å²) < 4.78 is 0. The van der Waals surface area contributed by atoms with Crippen LogP contribution in [0.3, 0.4) is 0 Å². The first-order valence-corrected chi connectivity index (χ1v) is 5.19. The maximum Gasteiger partial charge on any atom is 0.205 e. The topological polar surface area (TPSA) is 58.0 Å². The van der Waals surface area contributed by atoms with E-state index < -0.39 is 0 Å². The lowest BCUT2D eigenvalue weighted by atomic mass is 9.65. The maximum absolute atomic E-state index is 9.50. The van der Waals surface area contributed by atoms with Crippen LogP contribution in [0.2, 0.25) is 0 Å². The molecule has 2 N–H and O–H groups in total. The van der Waals surface area contributed by atoms with Crippen molar-refractivity contribution in [1.29, 1.82) is 0 Å². The molecule has 2 atom stereocenters. The molecule has 1 aromatic rings. The molecule has 13 heavy (non-hydrogen) atoms. The number of nitrogens with zero attached hydrogens (tertiary/aromatic N) is 2. The molecule has 0 radical (unpaired) electrons.